The normalized spacial score (nSPS) is 11.2. The fourth-order valence-corrected chi connectivity index (χ4v) is 4.16. The Hall–Kier alpha value is -2.87. The molecule has 188 valence electrons. The maximum atomic E-state index is 12.4. The molecule has 14 heteroatoms. The highest BCUT2D eigenvalue weighted by molar-refractivity contribution is 7.98. The number of anilines is 1. The van der Waals surface area contributed by atoms with E-state index in [0.717, 1.165) is 4.90 Å². The van der Waals surface area contributed by atoms with Gasteiger partial charge in [0, 0.05) is 29.9 Å². The molecule has 2 heterocycles. The average molecular weight is 541 g/mol. The maximum absolute atomic E-state index is 12.4. The molecule has 0 aliphatic heterocycles. The predicted molar refractivity (Wildman–Crippen MR) is 135 cm³/mol. The van der Waals surface area contributed by atoms with E-state index in [1.54, 1.807) is 37.7 Å². The van der Waals surface area contributed by atoms with Gasteiger partial charge >= 0.3 is 0 Å². The SMILES string of the molecule is CCCNS(=O)(=O)Nc1ncnc(OCCOc2cc(OC)ccc2Cl)c1-c1ncc(SC)cn1. The summed E-state index contributed by atoms with van der Waals surface area (Å²) in [6.45, 7) is 2.32. The first-order chi connectivity index (χ1) is 16.9. The summed E-state index contributed by atoms with van der Waals surface area (Å²) >= 11 is 7.64. The number of rotatable bonds is 13. The van der Waals surface area contributed by atoms with Crippen molar-refractivity contribution in [2.45, 2.75) is 18.2 Å². The molecule has 0 aliphatic carbocycles. The van der Waals surface area contributed by atoms with Crippen molar-refractivity contribution in [3.05, 3.63) is 41.9 Å². The van der Waals surface area contributed by atoms with Gasteiger partial charge in [0.2, 0.25) is 5.88 Å². The smallest absolute Gasteiger partial charge is 0.300 e. The van der Waals surface area contributed by atoms with Crippen molar-refractivity contribution in [3.63, 3.8) is 0 Å². The molecule has 3 rings (SSSR count). The van der Waals surface area contributed by atoms with E-state index in [2.05, 4.69) is 29.4 Å². The molecule has 35 heavy (non-hydrogen) atoms. The van der Waals surface area contributed by atoms with Crippen LogP contribution in [0.3, 0.4) is 0 Å². The lowest BCUT2D eigenvalue weighted by Gasteiger charge is -2.15. The average Bonchev–Trinajstić information content (AvgIpc) is 2.86. The van der Waals surface area contributed by atoms with Crippen LogP contribution in [-0.4, -0.2) is 61.5 Å². The highest BCUT2D eigenvalue weighted by Crippen LogP contribution is 2.33. The van der Waals surface area contributed by atoms with Gasteiger partial charge in [0.25, 0.3) is 10.2 Å². The Morgan fingerprint density at radius 3 is 2.51 bits per heavy atom. The number of benzene rings is 1. The third kappa shape index (κ3) is 7.56. The summed E-state index contributed by atoms with van der Waals surface area (Å²) in [6, 6.07) is 5.05. The number of aromatic nitrogens is 4. The van der Waals surface area contributed by atoms with Gasteiger partial charge in [-0.1, -0.05) is 18.5 Å². The molecule has 0 atom stereocenters. The van der Waals surface area contributed by atoms with Crippen LogP contribution in [0.25, 0.3) is 11.4 Å². The van der Waals surface area contributed by atoms with Crippen LogP contribution in [0.15, 0.2) is 41.8 Å². The zero-order chi connectivity index (χ0) is 25.3. The van der Waals surface area contributed by atoms with Crippen molar-refractivity contribution in [2.24, 2.45) is 0 Å². The Kier molecular flexibility index (Phi) is 9.72. The second-order valence-electron chi connectivity index (χ2n) is 6.84. The molecule has 1 aromatic carbocycles. The van der Waals surface area contributed by atoms with Crippen LogP contribution in [0, 0.1) is 0 Å². The van der Waals surface area contributed by atoms with Gasteiger partial charge in [-0.15, -0.1) is 11.8 Å². The quantitative estimate of drug-likeness (QED) is 0.245. The molecule has 2 N–H and O–H groups in total. The first kappa shape index (κ1) is 26.7. The number of hydrogen-bond acceptors (Lipinski definition) is 10. The van der Waals surface area contributed by atoms with Gasteiger partial charge in [-0.3, -0.25) is 4.72 Å². The van der Waals surface area contributed by atoms with Gasteiger partial charge in [0.15, 0.2) is 11.6 Å². The van der Waals surface area contributed by atoms with E-state index in [1.807, 2.05) is 13.2 Å². The molecule has 0 fully saturated rings. The van der Waals surface area contributed by atoms with E-state index in [1.165, 1.54) is 18.1 Å². The number of methoxy groups -OCH3 is 1. The number of halogens is 1. The van der Waals surface area contributed by atoms with Gasteiger partial charge in [-0.25, -0.2) is 19.9 Å². The topological polar surface area (TPSA) is 137 Å². The second kappa shape index (κ2) is 12.7. The van der Waals surface area contributed by atoms with Crippen LogP contribution in [0.4, 0.5) is 5.82 Å². The fourth-order valence-electron chi connectivity index (χ4n) is 2.72. The third-order valence-electron chi connectivity index (χ3n) is 4.39. The molecule has 0 spiro atoms. The van der Waals surface area contributed by atoms with Crippen LogP contribution in [-0.2, 0) is 10.2 Å². The van der Waals surface area contributed by atoms with Gasteiger partial charge in [0.05, 0.1) is 12.1 Å². The molecule has 3 aromatic rings. The van der Waals surface area contributed by atoms with Gasteiger partial charge in [-0.05, 0) is 24.8 Å². The molecule has 0 amide bonds. The van der Waals surface area contributed by atoms with Gasteiger partial charge in [-0.2, -0.15) is 13.1 Å². The number of ether oxygens (including phenoxy) is 3. The van der Waals surface area contributed by atoms with Crippen molar-refractivity contribution in [1.82, 2.24) is 24.7 Å². The van der Waals surface area contributed by atoms with Crippen LogP contribution < -0.4 is 23.7 Å². The molecule has 0 saturated heterocycles. The van der Waals surface area contributed by atoms with E-state index in [9.17, 15) is 8.42 Å². The molecular formula is C21H25ClN6O5S2. The predicted octanol–water partition coefficient (Wildman–Crippen LogP) is 3.43. The molecule has 0 unspecified atom stereocenters. The van der Waals surface area contributed by atoms with Crippen LogP contribution in [0.5, 0.6) is 17.4 Å². The first-order valence-electron chi connectivity index (χ1n) is 10.4. The Labute approximate surface area is 213 Å². The third-order valence-corrected chi connectivity index (χ3v) is 6.43. The van der Waals surface area contributed by atoms with Crippen molar-refractivity contribution in [3.8, 4) is 28.8 Å². The Morgan fingerprint density at radius 1 is 1.09 bits per heavy atom. The summed E-state index contributed by atoms with van der Waals surface area (Å²) in [6.07, 6.45) is 6.94. The second-order valence-corrected chi connectivity index (χ2v) is 9.63. The molecule has 0 saturated carbocycles. The highest BCUT2D eigenvalue weighted by atomic mass is 35.5. The summed E-state index contributed by atoms with van der Waals surface area (Å²) < 4.78 is 46.4. The minimum absolute atomic E-state index is 0.0211. The molecule has 2 aromatic heterocycles. The maximum Gasteiger partial charge on any atom is 0.300 e. The number of nitrogens with one attached hydrogen (secondary N) is 2. The van der Waals surface area contributed by atoms with Crippen LogP contribution in [0.1, 0.15) is 13.3 Å². The number of nitrogens with zero attached hydrogens (tertiary/aromatic N) is 4. The van der Waals surface area contributed by atoms with E-state index < -0.39 is 10.2 Å². The largest absolute Gasteiger partial charge is 0.497 e. The lowest BCUT2D eigenvalue weighted by molar-refractivity contribution is 0.212. The van der Waals surface area contributed by atoms with E-state index in [-0.39, 0.29) is 42.8 Å². The molecular weight excluding hydrogens is 516 g/mol. The van der Waals surface area contributed by atoms with Crippen molar-refractivity contribution >= 4 is 39.4 Å². The van der Waals surface area contributed by atoms with Gasteiger partial charge < -0.3 is 14.2 Å². The minimum Gasteiger partial charge on any atom is -0.497 e. The first-order valence-corrected chi connectivity index (χ1v) is 13.5. The van der Waals surface area contributed by atoms with Crippen LogP contribution in [0.2, 0.25) is 5.02 Å². The monoisotopic (exact) mass is 540 g/mol. The minimum atomic E-state index is -3.89. The zero-order valence-corrected chi connectivity index (χ0v) is 21.7. The Balaban J connectivity index is 1.83. The van der Waals surface area contributed by atoms with E-state index in [4.69, 9.17) is 25.8 Å². The summed E-state index contributed by atoms with van der Waals surface area (Å²) in [7, 11) is -2.34. The Morgan fingerprint density at radius 2 is 1.83 bits per heavy atom. The summed E-state index contributed by atoms with van der Waals surface area (Å²) in [5.74, 6) is 1.30. The number of thioether (sulfide) groups is 1. The van der Waals surface area contributed by atoms with Crippen molar-refractivity contribution in [2.75, 3.05) is 37.8 Å². The standard InChI is InChI=1S/C21H25ClN6O5S2/c1-4-7-27-35(29,30)28-20-18(19-23-11-15(34-3)12-24-19)21(26-13-25-20)33-9-8-32-17-10-14(31-2)5-6-16(17)22/h5-6,10-13,27H,4,7-9H2,1-3H3,(H,25,26,28). The van der Waals surface area contributed by atoms with E-state index >= 15 is 0 Å². The Bertz CT molecular complexity index is 1230. The lowest BCUT2D eigenvalue weighted by Crippen LogP contribution is -2.31. The van der Waals surface area contributed by atoms with E-state index in [0.29, 0.717) is 22.9 Å². The zero-order valence-electron chi connectivity index (χ0n) is 19.3. The highest BCUT2D eigenvalue weighted by Gasteiger charge is 2.22. The fraction of sp³-hybridized carbons (Fsp3) is 0.333. The van der Waals surface area contributed by atoms with Crippen molar-refractivity contribution in [1.29, 1.82) is 0 Å². The summed E-state index contributed by atoms with van der Waals surface area (Å²) in [5, 5.41) is 0.423. The van der Waals surface area contributed by atoms with Gasteiger partial charge in [0.1, 0.15) is 36.6 Å². The summed E-state index contributed by atoms with van der Waals surface area (Å²) in [5.41, 5.74) is 0.196. The summed E-state index contributed by atoms with van der Waals surface area (Å²) in [4.78, 5) is 17.7. The van der Waals surface area contributed by atoms with Crippen LogP contribution >= 0.6 is 23.4 Å². The van der Waals surface area contributed by atoms with Crippen molar-refractivity contribution < 1.29 is 22.6 Å². The molecule has 0 bridgehead atoms. The molecule has 0 radical (unpaired) electrons. The molecule has 11 nitrogen and oxygen atoms in total. The number of hydrogen-bond donors (Lipinski definition) is 2. The lowest BCUT2D eigenvalue weighted by atomic mass is 10.2. The molecule has 0 aliphatic rings.